The van der Waals surface area contributed by atoms with Crippen molar-refractivity contribution in [2.24, 2.45) is 0 Å². The van der Waals surface area contributed by atoms with Crippen LogP contribution in [-0.2, 0) is 10.0 Å². The van der Waals surface area contributed by atoms with Crippen molar-refractivity contribution in [1.29, 1.82) is 0 Å². The van der Waals surface area contributed by atoms with Gasteiger partial charge in [-0.25, -0.2) is 12.8 Å². The highest BCUT2D eigenvalue weighted by Gasteiger charge is 2.39. The molecule has 1 amide bonds. The van der Waals surface area contributed by atoms with E-state index in [4.69, 9.17) is 0 Å². The van der Waals surface area contributed by atoms with E-state index < -0.39 is 21.9 Å². The van der Waals surface area contributed by atoms with Gasteiger partial charge in [-0.2, -0.15) is 0 Å². The lowest BCUT2D eigenvalue weighted by Gasteiger charge is -2.43. The summed E-state index contributed by atoms with van der Waals surface area (Å²) >= 11 is 0. The molecule has 5 nitrogen and oxygen atoms in total. The number of nitrogens with zero attached hydrogens (tertiary/aromatic N) is 2. The Bertz CT molecular complexity index is 1200. The van der Waals surface area contributed by atoms with E-state index in [1.807, 2.05) is 37.3 Å². The molecular formula is C24H23FN2O3S. The molecule has 0 saturated heterocycles. The summed E-state index contributed by atoms with van der Waals surface area (Å²) in [7, 11) is -3.59. The van der Waals surface area contributed by atoms with Crippen LogP contribution in [-0.4, -0.2) is 26.6 Å². The Morgan fingerprint density at radius 1 is 0.968 bits per heavy atom. The molecule has 1 aliphatic rings. The largest absolute Gasteiger partial charge is 0.305 e. The zero-order valence-corrected chi connectivity index (χ0v) is 18.1. The second kappa shape index (κ2) is 8.15. The quantitative estimate of drug-likeness (QED) is 0.590. The van der Waals surface area contributed by atoms with E-state index in [1.54, 1.807) is 29.2 Å². The number of benzene rings is 3. The molecule has 1 heterocycles. The predicted octanol–water partition coefficient (Wildman–Crippen LogP) is 4.77. The fourth-order valence-corrected chi connectivity index (χ4v) is 5.39. The number of carbonyl (C=O) groups is 1. The van der Waals surface area contributed by atoms with Gasteiger partial charge in [-0.05, 0) is 61.4 Å². The predicted molar refractivity (Wildman–Crippen MR) is 120 cm³/mol. The molecule has 3 aromatic carbocycles. The molecule has 1 aliphatic heterocycles. The molecule has 0 bridgehead atoms. The van der Waals surface area contributed by atoms with Gasteiger partial charge in [0.1, 0.15) is 5.82 Å². The van der Waals surface area contributed by atoms with E-state index >= 15 is 0 Å². The molecule has 0 aromatic heterocycles. The maximum Gasteiger partial charge on any atom is 0.258 e. The third-order valence-electron chi connectivity index (χ3n) is 5.52. The minimum absolute atomic E-state index is 0.246. The summed E-state index contributed by atoms with van der Waals surface area (Å²) in [6, 6.07) is 21.0. The molecule has 7 heteroatoms. The molecule has 0 aliphatic carbocycles. The number of hydrogen-bond acceptors (Lipinski definition) is 3. The molecular weight excluding hydrogens is 415 g/mol. The lowest BCUT2D eigenvalue weighted by atomic mass is 9.90. The molecule has 160 valence electrons. The number of rotatable bonds is 4. The summed E-state index contributed by atoms with van der Waals surface area (Å²) in [5.41, 5.74) is 2.37. The van der Waals surface area contributed by atoms with E-state index in [1.165, 1.54) is 34.8 Å². The van der Waals surface area contributed by atoms with E-state index in [-0.39, 0.29) is 11.9 Å². The van der Waals surface area contributed by atoms with E-state index in [0.717, 1.165) is 5.56 Å². The van der Waals surface area contributed by atoms with Gasteiger partial charge in [0, 0.05) is 17.3 Å². The summed E-state index contributed by atoms with van der Waals surface area (Å²) in [4.78, 5) is 15.0. The van der Waals surface area contributed by atoms with Crippen molar-refractivity contribution < 1.29 is 17.6 Å². The van der Waals surface area contributed by atoms with Gasteiger partial charge in [0.2, 0.25) is 10.0 Å². The van der Waals surface area contributed by atoms with Crippen LogP contribution in [0.3, 0.4) is 0 Å². The van der Waals surface area contributed by atoms with Gasteiger partial charge < -0.3 is 4.90 Å². The lowest BCUT2D eigenvalue weighted by Crippen LogP contribution is -2.47. The van der Waals surface area contributed by atoms with Crippen molar-refractivity contribution in [1.82, 2.24) is 0 Å². The SMILES string of the molecule is CC1CC(N(c2ccccc2)S(C)(=O)=O)c2ccccc2N1C(=O)c1ccc(F)cc1. The number of para-hydroxylation sites is 2. The fourth-order valence-electron chi connectivity index (χ4n) is 4.22. The zero-order valence-electron chi connectivity index (χ0n) is 17.3. The van der Waals surface area contributed by atoms with Crippen LogP contribution in [0.1, 0.15) is 35.3 Å². The van der Waals surface area contributed by atoms with Gasteiger partial charge in [0.25, 0.3) is 5.91 Å². The summed E-state index contributed by atoms with van der Waals surface area (Å²) in [5.74, 6) is -0.653. The number of anilines is 2. The maximum absolute atomic E-state index is 13.3. The second-order valence-electron chi connectivity index (χ2n) is 7.74. The van der Waals surface area contributed by atoms with Crippen LogP contribution < -0.4 is 9.21 Å². The molecule has 4 rings (SSSR count). The summed E-state index contributed by atoms with van der Waals surface area (Å²) in [6.45, 7) is 1.90. The average molecular weight is 439 g/mol. The first kappa shape index (κ1) is 21.1. The minimum Gasteiger partial charge on any atom is -0.305 e. The fraction of sp³-hybridized carbons (Fsp3) is 0.208. The van der Waals surface area contributed by atoms with Crippen molar-refractivity contribution in [3.8, 4) is 0 Å². The van der Waals surface area contributed by atoms with Gasteiger partial charge >= 0.3 is 0 Å². The van der Waals surface area contributed by atoms with Crippen molar-refractivity contribution in [3.63, 3.8) is 0 Å². The maximum atomic E-state index is 13.3. The van der Waals surface area contributed by atoms with Gasteiger partial charge in [0.15, 0.2) is 0 Å². The number of sulfonamides is 1. The molecule has 0 radical (unpaired) electrons. The van der Waals surface area contributed by atoms with E-state index in [9.17, 15) is 17.6 Å². The first-order chi connectivity index (χ1) is 14.8. The molecule has 31 heavy (non-hydrogen) atoms. The third kappa shape index (κ3) is 4.05. The zero-order chi connectivity index (χ0) is 22.2. The standard InChI is InChI=1S/C24H23FN2O3S/c1-17-16-23(27(31(2,29)30)20-8-4-3-5-9-20)21-10-6-7-11-22(21)26(17)24(28)18-12-14-19(25)15-13-18/h3-15,17,23H,16H2,1-2H3. The van der Waals surface area contributed by atoms with Crippen molar-refractivity contribution in [2.75, 3.05) is 15.5 Å². The number of hydrogen-bond donors (Lipinski definition) is 0. The number of fused-ring (bicyclic) bond motifs is 1. The Balaban J connectivity index is 1.81. The first-order valence-corrected chi connectivity index (χ1v) is 11.8. The number of halogens is 1. The molecule has 0 spiro atoms. The highest BCUT2D eigenvalue weighted by atomic mass is 32.2. The highest BCUT2D eigenvalue weighted by molar-refractivity contribution is 7.92. The third-order valence-corrected chi connectivity index (χ3v) is 6.70. The van der Waals surface area contributed by atoms with Gasteiger partial charge in [0.05, 0.1) is 18.0 Å². The Hall–Kier alpha value is -3.19. The first-order valence-electron chi connectivity index (χ1n) is 10.00. The summed E-state index contributed by atoms with van der Waals surface area (Å²) in [6.07, 6.45) is 1.62. The lowest BCUT2D eigenvalue weighted by molar-refractivity contribution is 0.0974. The Kier molecular flexibility index (Phi) is 5.54. The van der Waals surface area contributed by atoms with Crippen molar-refractivity contribution in [2.45, 2.75) is 25.4 Å². The van der Waals surface area contributed by atoms with Crippen LogP contribution in [0.2, 0.25) is 0 Å². The number of carbonyl (C=O) groups excluding carboxylic acids is 1. The highest BCUT2D eigenvalue weighted by Crippen LogP contribution is 2.43. The van der Waals surface area contributed by atoms with Crippen molar-refractivity contribution >= 4 is 27.3 Å². The van der Waals surface area contributed by atoms with E-state index in [0.29, 0.717) is 23.4 Å². The summed E-state index contributed by atoms with van der Waals surface area (Å²) < 4.78 is 40.4. The van der Waals surface area contributed by atoms with Crippen LogP contribution in [0.5, 0.6) is 0 Å². The Labute approximate surface area is 181 Å². The monoisotopic (exact) mass is 438 g/mol. The van der Waals surface area contributed by atoms with Crippen LogP contribution >= 0.6 is 0 Å². The molecule has 3 aromatic rings. The van der Waals surface area contributed by atoms with Crippen molar-refractivity contribution in [3.05, 3.63) is 95.8 Å². The molecule has 0 N–H and O–H groups in total. The topological polar surface area (TPSA) is 57.7 Å². The molecule has 0 saturated carbocycles. The number of amides is 1. The molecule has 2 atom stereocenters. The average Bonchev–Trinajstić information content (AvgIpc) is 2.74. The van der Waals surface area contributed by atoms with Gasteiger partial charge in [-0.15, -0.1) is 0 Å². The second-order valence-corrected chi connectivity index (χ2v) is 9.60. The molecule has 0 fully saturated rings. The van der Waals surface area contributed by atoms with Crippen LogP contribution in [0.4, 0.5) is 15.8 Å². The minimum atomic E-state index is -3.59. The summed E-state index contributed by atoms with van der Waals surface area (Å²) in [5, 5.41) is 0. The molecule has 2 unspecified atom stereocenters. The van der Waals surface area contributed by atoms with Crippen LogP contribution in [0.15, 0.2) is 78.9 Å². The van der Waals surface area contributed by atoms with Crippen LogP contribution in [0, 0.1) is 5.82 Å². The normalized spacial score (nSPS) is 18.4. The Morgan fingerprint density at radius 3 is 2.23 bits per heavy atom. The Morgan fingerprint density at radius 2 is 1.58 bits per heavy atom. The smallest absolute Gasteiger partial charge is 0.258 e. The van der Waals surface area contributed by atoms with Gasteiger partial charge in [-0.1, -0.05) is 36.4 Å². The van der Waals surface area contributed by atoms with Gasteiger partial charge in [-0.3, -0.25) is 9.10 Å². The van der Waals surface area contributed by atoms with Crippen LogP contribution in [0.25, 0.3) is 0 Å². The van der Waals surface area contributed by atoms with E-state index in [2.05, 4.69) is 0 Å².